The molecule has 3 N–H and O–H groups in total. The van der Waals surface area contributed by atoms with Crippen LogP contribution in [0.2, 0.25) is 0 Å². The first-order chi connectivity index (χ1) is 28.8. The minimum Gasteiger partial charge on any atom is -0.462 e. The van der Waals surface area contributed by atoms with E-state index in [9.17, 15) is 19.0 Å². The third-order valence-electron chi connectivity index (χ3n) is 8.36. The number of hydrogen-bond donors (Lipinski definition) is 2. The highest BCUT2D eigenvalue weighted by atomic mass is 31.2. The highest BCUT2D eigenvalue weighted by Crippen LogP contribution is 2.43. The molecule has 59 heavy (non-hydrogen) atoms. The lowest BCUT2D eigenvalue weighted by atomic mass is 10.1. The number of carbonyl (C=O) groups is 2. The van der Waals surface area contributed by atoms with Crippen LogP contribution in [-0.2, 0) is 32.7 Å². The van der Waals surface area contributed by atoms with Gasteiger partial charge in [0.1, 0.15) is 6.61 Å². The van der Waals surface area contributed by atoms with Crippen LogP contribution in [-0.4, -0.2) is 49.3 Å². The molecule has 0 aliphatic carbocycles. The van der Waals surface area contributed by atoms with Crippen molar-refractivity contribution in [2.24, 2.45) is 5.73 Å². The molecule has 0 fully saturated rings. The first-order valence-electron chi connectivity index (χ1n) is 22.0. The van der Waals surface area contributed by atoms with Gasteiger partial charge in [0.2, 0.25) is 0 Å². The molecule has 0 aromatic carbocycles. The molecule has 10 heteroatoms. The summed E-state index contributed by atoms with van der Waals surface area (Å²) in [6.07, 6.45) is 59.6. The third-order valence-corrected chi connectivity index (χ3v) is 9.34. The lowest BCUT2D eigenvalue weighted by molar-refractivity contribution is -0.161. The van der Waals surface area contributed by atoms with Crippen LogP contribution in [0.4, 0.5) is 0 Å². The van der Waals surface area contributed by atoms with Crippen molar-refractivity contribution in [1.29, 1.82) is 0 Å². The largest absolute Gasteiger partial charge is 0.472 e. The number of ether oxygens (including phenoxy) is 2. The molecule has 0 aliphatic heterocycles. The number of nitrogens with two attached hydrogens (primary N) is 1. The predicted octanol–water partition coefficient (Wildman–Crippen LogP) is 12.9. The van der Waals surface area contributed by atoms with Crippen LogP contribution in [0.15, 0.2) is 122 Å². The summed E-state index contributed by atoms with van der Waals surface area (Å²) < 4.78 is 32.7. The number of phosphoric ester groups is 1. The standard InChI is InChI=1S/C49H78NO8P/c1-3-5-7-9-11-13-15-17-19-21-23-25-27-29-31-33-35-37-39-41-48(51)55-45-47(46-57-59(53,54)56-44-43-50)58-49(52)42-40-38-36-34-32-30-28-26-24-22-20-18-16-14-12-10-8-6-4-2/h5-8,11-14,17-20,23-26,30,32,36,38,47H,3-4,9-10,15-16,21-22,27-29,31,33-35,37,39-46,50H2,1-2H3,(H,53,54). The van der Waals surface area contributed by atoms with E-state index in [2.05, 4.69) is 123 Å². The molecule has 0 radical (unpaired) electrons. The second kappa shape index (κ2) is 44.0. The molecule has 9 nitrogen and oxygen atoms in total. The molecule has 0 aliphatic rings. The topological polar surface area (TPSA) is 134 Å². The van der Waals surface area contributed by atoms with E-state index in [0.717, 1.165) is 103 Å². The molecule has 0 saturated heterocycles. The Morgan fingerprint density at radius 2 is 0.915 bits per heavy atom. The van der Waals surface area contributed by atoms with Gasteiger partial charge >= 0.3 is 19.8 Å². The SMILES string of the molecule is CCC=CCC=CCC=CCC=CCC=CCC=CCCC(=O)OC(COC(=O)CCCCCCCCC=CCC=CCC=CCC=CCC)COP(=O)(O)OCCN. The van der Waals surface area contributed by atoms with Gasteiger partial charge in [0.15, 0.2) is 6.10 Å². The lowest BCUT2D eigenvalue weighted by Gasteiger charge is -2.19. The van der Waals surface area contributed by atoms with Gasteiger partial charge in [-0.3, -0.25) is 18.6 Å². The van der Waals surface area contributed by atoms with Gasteiger partial charge < -0.3 is 20.1 Å². The molecule has 0 aromatic heterocycles. The van der Waals surface area contributed by atoms with E-state index in [4.69, 9.17) is 24.3 Å². The average molecular weight is 840 g/mol. The van der Waals surface area contributed by atoms with Crippen LogP contribution in [0.25, 0.3) is 0 Å². The van der Waals surface area contributed by atoms with Crippen molar-refractivity contribution in [2.45, 2.75) is 148 Å². The predicted molar refractivity (Wildman–Crippen MR) is 247 cm³/mol. The fourth-order valence-corrected chi connectivity index (χ4v) is 5.94. The van der Waals surface area contributed by atoms with E-state index in [1.165, 1.54) is 0 Å². The Morgan fingerprint density at radius 3 is 1.37 bits per heavy atom. The Balaban J connectivity index is 4.32. The van der Waals surface area contributed by atoms with Crippen LogP contribution < -0.4 is 5.73 Å². The first-order valence-corrected chi connectivity index (χ1v) is 23.5. The Labute approximate surface area is 358 Å². The van der Waals surface area contributed by atoms with Crippen molar-refractivity contribution >= 4 is 19.8 Å². The van der Waals surface area contributed by atoms with Gasteiger partial charge in [-0.2, -0.15) is 0 Å². The number of esters is 2. The summed E-state index contributed by atoms with van der Waals surface area (Å²) in [5.41, 5.74) is 5.34. The third kappa shape index (κ3) is 43.8. The van der Waals surface area contributed by atoms with Gasteiger partial charge in [-0.25, -0.2) is 4.57 Å². The van der Waals surface area contributed by atoms with E-state index >= 15 is 0 Å². The van der Waals surface area contributed by atoms with E-state index < -0.39 is 32.5 Å². The Bertz CT molecular complexity index is 1370. The summed E-state index contributed by atoms with van der Waals surface area (Å²) in [5, 5.41) is 0. The van der Waals surface area contributed by atoms with Crippen molar-refractivity contribution in [2.75, 3.05) is 26.4 Å². The fraction of sp³-hybridized carbons (Fsp3) is 0.551. The van der Waals surface area contributed by atoms with Crippen LogP contribution in [0.5, 0.6) is 0 Å². The van der Waals surface area contributed by atoms with Crippen LogP contribution in [0.1, 0.15) is 142 Å². The minimum absolute atomic E-state index is 0.0323. The minimum atomic E-state index is -4.41. The van der Waals surface area contributed by atoms with Crippen molar-refractivity contribution in [3.63, 3.8) is 0 Å². The van der Waals surface area contributed by atoms with Gasteiger partial charge in [-0.15, -0.1) is 0 Å². The van der Waals surface area contributed by atoms with Crippen LogP contribution in [0.3, 0.4) is 0 Å². The van der Waals surface area contributed by atoms with Gasteiger partial charge in [0.25, 0.3) is 0 Å². The number of rotatable bonds is 39. The monoisotopic (exact) mass is 840 g/mol. The number of hydrogen-bond acceptors (Lipinski definition) is 8. The number of unbranched alkanes of at least 4 members (excludes halogenated alkanes) is 6. The zero-order valence-corrected chi connectivity index (χ0v) is 37.3. The maximum atomic E-state index is 12.6. The highest BCUT2D eigenvalue weighted by molar-refractivity contribution is 7.47. The summed E-state index contributed by atoms with van der Waals surface area (Å²) >= 11 is 0. The molecule has 0 amide bonds. The van der Waals surface area contributed by atoms with Crippen molar-refractivity contribution < 1.29 is 37.6 Å². The summed E-state index contributed by atoms with van der Waals surface area (Å²) in [6.45, 7) is 3.37. The average Bonchev–Trinajstić information content (AvgIpc) is 3.22. The maximum Gasteiger partial charge on any atom is 0.472 e. The highest BCUT2D eigenvalue weighted by Gasteiger charge is 2.25. The molecule has 0 rings (SSSR count). The first kappa shape index (κ1) is 55.4. The number of allylic oxidation sites excluding steroid dienone is 20. The van der Waals surface area contributed by atoms with E-state index in [0.29, 0.717) is 12.8 Å². The number of phosphoric acid groups is 1. The van der Waals surface area contributed by atoms with Gasteiger partial charge in [-0.05, 0) is 89.9 Å². The Hall–Kier alpha value is -3.59. The van der Waals surface area contributed by atoms with Crippen LogP contribution in [0, 0.1) is 0 Å². The molecule has 0 heterocycles. The zero-order valence-electron chi connectivity index (χ0n) is 36.4. The second-order valence-electron chi connectivity index (χ2n) is 13.8. The van der Waals surface area contributed by atoms with Crippen molar-refractivity contribution in [1.82, 2.24) is 0 Å². The summed E-state index contributed by atoms with van der Waals surface area (Å²) in [4.78, 5) is 34.9. The fourth-order valence-electron chi connectivity index (χ4n) is 5.18. The maximum absolute atomic E-state index is 12.6. The van der Waals surface area contributed by atoms with Gasteiger partial charge in [0.05, 0.1) is 13.2 Å². The molecular weight excluding hydrogens is 762 g/mol. The smallest absolute Gasteiger partial charge is 0.462 e. The summed E-state index contributed by atoms with van der Waals surface area (Å²) in [5.74, 6) is -0.957. The molecular formula is C49H78NO8P. The molecule has 0 aromatic rings. The molecule has 0 saturated carbocycles. The number of carbonyl (C=O) groups excluding carboxylic acids is 2. The Kier molecular flexibility index (Phi) is 41.3. The normalized spacial score (nSPS) is 14.4. The van der Waals surface area contributed by atoms with Gasteiger partial charge in [-0.1, -0.05) is 161 Å². The van der Waals surface area contributed by atoms with E-state index in [-0.39, 0.29) is 32.6 Å². The van der Waals surface area contributed by atoms with Crippen molar-refractivity contribution in [3.05, 3.63) is 122 Å². The molecule has 332 valence electrons. The Morgan fingerprint density at radius 1 is 0.508 bits per heavy atom. The molecule has 2 atom stereocenters. The lowest BCUT2D eigenvalue weighted by Crippen LogP contribution is -2.29. The van der Waals surface area contributed by atoms with E-state index in [1.807, 2.05) is 12.2 Å². The molecule has 2 unspecified atom stereocenters. The zero-order chi connectivity index (χ0) is 43.2. The summed E-state index contributed by atoms with van der Waals surface area (Å²) in [6, 6.07) is 0. The van der Waals surface area contributed by atoms with Crippen molar-refractivity contribution in [3.8, 4) is 0 Å². The molecule has 0 bridgehead atoms. The van der Waals surface area contributed by atoms with E-state index in [1.54, 1.807) is 0 Å². The second-order valence-corrected chi connectivity index (χ2v) is 15.2. The molecule has 0 spiro atoms. The van der Waals surface area contributed by atoms with Gasteiger partial charge in [0, 0.05) is 19.4 Å². The quantitative estimate of drug-likeness (QED) is 0.0268. The van der Waals surface area contributed by atoms with Crippen LogP contribution >= 0.6 is 7.82 Å². The summed E-state index contributed by atoms with van der Waals surface area (Å²) in [7, 11) is -4.41.